The van der Waals surface area contributed by atoms with Crippen molar-refractivity contribution in [3.8, 4) is 0 Å². The van der Waals surface area contributed by atoms with Gasteiger partial charge in [0.1, 0.15) is 0 Å². The van der Waals surface area contributed by atoms with Crippen molar-refractivity contribution in [3.05, 3.63) is 23.8 Å². The molecule has 14 heavy (non-hydrogen) atoms. The Balaban J connectivity index is 2.97. The van der Waals surface area contributed by atoms with Crippen LogP contribution < -0.4 is 11.5 Å². The van der Waals surface area contributed by atoms with Crippen molar-refractivity contribution in [2.24, 2.45) is 5.73 Å². The van der Waals surface area contributed by atoms with Gasteiger partial charge < -0.3 is 11.5 Å². The second-order valence-electron chi connectivity index (χ2n) is 2.97. The molecule has 0 aliphatic rings. The molecule has 0 atom stereocenters. The number of nitrogens with two attached hydrogens (primary N) is 2. The van der Waals surface area contributed by atoms with Gasteiger partial charge in [-0.25, -0.2) is 0 Å². The van der Waals surface area contributed by atoms with Crippen LogP contribution in [0.1, 0.15) is 23.7 Å². The van der Waals surface area contributed by atoms with Crippen LogP contribution >= 0.6 is 11.8 Å². The molecule has 4 heteroatoms. The normalized spacial score (nSPS) is 10.1. The summed E-state index contributed by atoms with van der Waals surface area (Å²) in [6.45, 7) is 2.09. The monoisotopic (exact) mass is 210 g/mol. The Morgan fingerprint density at radius 2 is 2.21 bits per heavy atom. The molecule has 1 amide bonds. The molecule has 76 valence electrons. The molecule has 0 unspecified atom stereocenters. The van der Waals surface area contributed by atoms with Gasteiger partial charge in [0.15, 0.2) is 0 Å². The number of nitrogen functional groups attached to an aromatic ring is 1. The Bertz CT molecular complexity index is 339. The van der Waals surface area contributed by atoms with Gasteiger partial charge >= 0.3 is 0 Å². The minimum Gasteiger partial charge on any atom is -0.399 e. The van der Waals surface area contributed by atoms with E-state index in [2.05, 4.69) is 6.92 Å². The van der Waals surface area contributed by atoms with E-state index in [0.29, 0.717) is 11.3 Å². The van der Waals surface area contributed by atoms with Crippen LogP contribution in [0, 0.1) is 0 Å². The summed E-state index contributed by atoms with van der Waals surface area (Å²) in [5.41, 5.74) is 12.1. The smallest absolute Gasteiger partial charge is 0.249 e. The fraction of sp³-hybridized carbons (Fsp3) is 0.300. The lowest BCUT2D eigenvalue weighted by Crippen LogP contribution is -2.12. The van der Waals surface area contributed by atoms with Crippen LogP contribution in [0.25, 0.3) is 0 Å². The van der Waals surface area contributed by atoms with E-state index in [9.17, 15) is 4.79 Å². The minimum absolute atomic E-state index is 0.399. The lowest BCUT2D eigenvalue weighted by molar-refractivity contribution is 0.0997. The van der Waals surface area contributed by atoms with Crippen LogP contribution in [0.15, 0.2) is 23.1 Å². The summed E-state index contributed by atoms with van der Waals surface area (Å²) in [4.78, 5) is 11.9. The SMILES string of the molecule is CCCSc1cc(N)ccc1C(N)=O. The summed E-state index contributed by atoms with van der Waals surface area (Å²) in [6, 6.07) is 5.16. The van der Waals surface area contributed by atoms with Gasteiger partial charge in [0, 0.05) is 10.6 Å². The van der Waals surface area contributed by atoms with Crippen molar-refractivity contribution >= 4 is 23.4 Å². The maximum atomic E-state index is 11.1. The predicted octanol–water partition coefficient (Wildman–Crippen LogP) is 1.87. The first-order chi connectivity index (χ1) is 6.65. The molecule has 0 saturated heterocycles. The Morgan fingerprint density at radius 3 is 2.79 bits per heavy atom. The topological polar surface area (TPSA) is 69.1 Å². The van der Waals surface area contributed by atoms with Gasteiger partial charge in [-0.3, -0.25) is 4.79 Å². The Kier molecular flexibility index (Phi) is 3.83. The van der Waals surface area contributed by atoms with E-state index in [-0.39, 0.29) is 0 Å². The first-order valence-electron chi connectivity index (χ1n) is 4.47. The number of benzene rings is 1. The fourth-order valence-electron chi connectivity index (χ4n) is 1.07. The van der Waals surface area contributed by atoms with Crippen LogP contribution in [0.4, 0.5) is 5.69 Å². The standard InChI is InChI=1S/C10H14N2OS/c1-2-5-14-9-6-7(11)3-4-8(9)10(12)13/h3-4,6H,2,5,11H2,1H3,(H2,12,13). The Hall–Kier alpha value is -1.16. The largest absolute Gasteiger partial charge is 0.399 e. The maximum Gasteiger partial charge on any atom is 0.249 e. The fourth-order valence-corrected chi connectivity index (χ4v) is 2.04. The molecule has 3 nitrogen and oxygen atoms in total. The Labute approximate surface area is 87.9 Å². The molecular formula is C10H14N2OS. The van der Waals surface area contributed by atoms with E-state index >= 15 is 0 Å². The number of amides is 1. The summed E-state index contributed by atoms with van der Waals surface area (Å²) in [6.07, 6.45) is 1.05. The van der Waals surface area contributed by atoms with Gasteiger partial charge in [0.25, 0.3) is 0 Å². The minimum atomic E-state index is -0.399. The number of rotatable bonds is 4. The Morgan fingerprint density at radius 1 is 1.50 bits per heavy atom. The molecule has 0 spiro atoms. The number of carbonyl (C=O) groups is 1. The number of primary amides is 1. The predicted molar refractivity (Wildman–Crippen MR) is 60.4 cm³/mol. The van der Waals surface area contributed by atoms with Crippen LogP contribution in [0.3, 0.4) is 0 Å². The highest BCUT2D eigenvalue weighted by Crippen LogP contribution is 2.25. The number of carbonyl (C=O) groups excluding carboxylic acids is 1. The average Bonchev–Trinajstić information content (AvgIpc) is 2.14. The first-order valence-corrected chi connectivity index (χ1v) is 5.46. The highest BCUT2D eigenvalue weighted by molar-refractivity contribution is 7.99. The number of anilines is 1. The second-order valence-corrected chi connectivity index (χ2v) is 4.11. The van der Waals surface area contributed by atoms with Gasteiger partial charge in [-0.15, -0.1) is 11.8 Å². The van der Waals surface area contributed by atoms with Crippen molar-refractivity contribution < 1.29 is 4.79 Å². The molecule has 0 radical (unpaired) electrons. The van der Waals surface area contributed by atoms with E-state index in [0.717, 1.165) is 17.1 Å². The van der Waals surface area contributed by atoms with Crippen molar-refractivity contribution in [1.29, 1.82) is 0 Å². The molecule has 0 aliphatic heterocycles. The zero-order chi connectivity index (χ0) is 10.6. The molecular weight excluding hydrogens is 196 g/mol. The maximum absolute atomic E-state index is 11.1. The molecule has 1 rings (SSSR count). The summed E-state index contributed by atoms with van der Waals surface area (Å²) in [7, 11) is 0. The molecule has 0 saturated carbocycles. The third kappa shape index (κ3) is 2.67. The molecule has 0 aliphatic carbocycles. The van der Waals surface area contributed by atoms with E-state index in [1.165, 1.54) is 0 Å². The molecule has 4 N–H and O–H groups in total. The average molecular weight is 210 g/mol. The van der Waals surface area contributed by atoms with Gasteiger partial charge in [0.2, 0.25) is 5.91 Å². The summed E-state index contributed by atoms with van der Waals surface area (Å²) in [5, 5.41) is 0. The van der Waals surface area contributed by atoms with Gasteiger partial charge in [-0.05, 0) is 30.4 Å². The van der Waals surface area contributed by atoms with Gasteiger partial charge in [0.05, 0.1) is 5.56 Å². The third-order valence-corrected chi connectivity index (χ3v) is 2.99. The van der Waals surface area contributed by atoms with E-state index in [4.69, 9.17) is 11.5 Å². The number of thioether (sulfide) groups is 1. The van der Waals surface area contributed by atoms with Crippen LogP contribution in [-0.2, 0) is 0 Å². The third-order valence-electron chi connectivity index (χ3n) is 1.73. The quantitative estimate of drug-likeness (QED) is 0.588. The van der Waals surface area contributed by atoms with Gasteiger partial charge in [-0.2, -0.15) is 0 Å². The summed E-state index contributed by atoms with van der Waals surface area (Å²) in [5.74, 6) is 0.563. The zero-order valence-electron chi connectivity index (χ0n) is 8.12. The van der Waals surface area contributed by atoms with Crippen LogP contribution in [0.5, 0.6) is 0 Å². The number of hydrogen-bond donors (Lipinski definition) is 2. The molecule has 0 aromatic heterocycles. The molecule has 0 heterocycles. The lowest BCUT2D eigenvalue weighted by Gasteiger charge is -2.06. The first kappa shape index (κ1) is 10.9. The molecule has 1 aromatic rings. The molecule has 1 aromatic carbocycles. The van der Waals surface area contributed by atoms with Crippen LogP contribution in [-0.4, -0.2) is 11.7 Å². The lowest BCUT2D eigenvalue weighted by atomic mass is 10.2. The van der Waals surface area contributed by atoms with Crippen molar-refractivity contribution in [1.82, 2.24) is 0 Å². The second kappa shape index (κ2) is 4.91. The van der Waals surface area contributed by atoms with E-state index < -0.39 is 5.91 Å². The van der Waals surface area contributed by atoms with Crippen LogP contribution in [0.2, 0.25) is 0 Å². The summed E-state index contributed by atoms with van der Waals surface area (Å²) >= 11 is 1.61. The van der Waals surface area contributed by atoms with Crippen molar-refractivity contribution in [3.63, 3.8) is 0 Å². The zero-order valence-corrected chi connectivity index (χ0v) is 8.93. The molecule has 0 bridgehead atoms. The van der Waals surface area contributed by atoms with Crippen molar-refractivity contribution in [2.75, 3.05) is 11.5 Å². The molecule has 0 fully saturated rings. The van der Waals surface area contributed by atoms with E-state index in [1.54, 1.807) is 30.0 Å². The highest BCUT2D eigenvalue weighted by Gasteiger charge is 2.08. The van der Waals surface area contributed by atoms with E-state index in [1.807, 2.05) is 0 Å². The van der Waals surface area contributed by atoms with Crippen molar-refractivity contribution in [2.45, 2.75) is 18.2 Å². The number of hydrogen-bond acceptors (Lipinski definition) is 3. The van der Waals surface area contributed by atoms with Gasteiger partial charge in [-0.1, -0.05) is 6.92 Å². The summed E-state index contributed by atoms with van der Waals surface area (Å²) < 4.78 is 0. The highest BCUT2D eigenvalue weighted by atomic mass is 32.2.